The average molecular weight is 351 g/mol. The summed E-state index contributed by atoms with van der Waals surface area (Å²) < 4.78 is 4.99. The molecule has 0 spiro atoms. The third-order valence-corrected chi connectivity index (χ3v) is 3.67. The number of carbonyl (C=O) groups excluding carboxylic acids is 2. The molecule has 0 saturated heterocycles. The van der Waals surface area contributed by atoms with Crippen LogP contribution in [0.1, 0.15) is 23.7 Å². The molecule has 6 nitrogen and oxygen atoms in total. The normalized spacial score (nSPS) is 9.85. The molecule has 0 aliphatic rings. The first kappa shape index (κ1) is 19.0. The van der Waals surface area contributed by atoms with Crippen LogP contribution in [0.25, 0.3) is 0 Å². The number of anilines is 2. The van der Waals surface area contributed by atoms with E-state index in [4.69, 9.17) is 10.00 Å². The zero-order valence-corrected chi connectivity index (χ0v) is 14.6. The van der Waals surface area contributed by atoms with Gasteiger partial charge < -0.3 is 15.0 Å². The molecule has 6 heteroatoms. The van der Waals surface area contributed by atoms with E-state index in [-0.39, 0.29) is 18.5 Å². The molecule has 0 aliphatic heterocycles. The van der Waals surface area contributed by atoms with E-state index >= 15 is 0 Å². The molecule has 134 valence electrons. The number of carbonyl (C=O) groups is 2. The first-order valence-electron chi connectivity index (χ1n) is 8.32. The second-order valence-corrected chi connectivity index (χ2v) is 5.61. The lowest BCUT2D eigenvalue weighted by molar-refractivity contribution is -0.140. The number of esters is 1. The molecule has 0 heterocycles. The summed E-state index contributed by atoms with van der Waals surface area (Å²) in [5.41, 5.74) is 2.08. The molecule has 2 rings (SSSR count). The molecule has 0 aromatic heterocycles. The highest BCUT2D eigenvalue weighted by molar-refractivity contribution is 6.04. The maximum absolute atomic E-state index is 12.3. The van der Waals surface area contributed by atoms with E-state index < -0.39 is 0 Å². The van der Waals surface area contributed by atoms with Crippen molar-refractivity contribution in [2.24, 2.45) is 0 Å². The summed E-state index contributed by atoms with van der Waals surface area (Å²) in [5, 5.41) is 11.7. The lowest BCUT2D eigenvalue weighted by Crippen LogP contribution is -2.29. The minimum Gasteiger partial charge on any atom is -0.464 e. The summed E-state index contributed by atoms with van der Waals surface area (Å²) in [4.78, 5) is 25.2. The molecule has 0 fully saturated rings. The minimum absolute atomic E-state index is 0.189. The topological polar surface area (TPSA) is 82.4 Å². The zero-order valence-electron chi connectivity index (χ0n) is 14.6. The number of nitriles is 1. The molecule has 0 radical (unpaired) electrons. The maximum Gasteiger partial charge on any atom is 0.302 e. The molecule has 0 atom stereocenters. The molecule has 2 aromatic carbocycles. The fraction of sp³-hybridized carbons (Fsp3) is 0.250. The summed E-state index contributed by atoms with van der Waals surface area (Å²) in [5.74, 6) is -0.527. The standard InChI is InChI=1S/C20H21N3O3/c1-16(24)26-14-13-23(12-6-11-21)19-10-5-9-18(15-19)22-20(25)17-7-3-2-4-8-17/h2-5,7-10,15H,6,12-14H2,1H3,(H,22,25). The Labute approximate surface area is 153 Å². The summed E-state index contributed by atoms with van der Waals surface area (Å²) >= 11 is 0. The van der Waals surface area contributed by atoms with Gasteiger partial charge in [0.2, 0.25) is 0 Å². The molecule has 2 aromatic rings. The summed E-state index contributed by atoms with van der Waals surface area (Å²) in [6.45, 7) is 2.58. The Morgan fingerprint density at radius 1 is 1.12 bits per heavy atom. The van der Waals surface area contributed by atoms with Crippen LogP contribution in [0.4, 0.5) is 11.4 Å². The molecule has 0 saturated carbocycles. The molecule has 0 unspecified atom stereocenters. The van der Waals surface area contributed by atoms with Crippen molar-refractivity contribution in [1.29, 1.82) is 5.26 Å². The van der Waals surface area contributed by atoms with Crippen LogP contribution in [-0.4, -0.2) is 31.6 Å². The van der Waals surface area contributed by atoms with Crippen molar-refractivity contribution in [3.05, 3.63) is 60.2 Å². The van der Waals surface area contributed by atoms with Crippen LogP contribution in [0.3, 0.4) is 0 Å². The predicted molar refractivity (Wildman–Crippen MR) is 99.9 cm³/mol. The van der Waals surface area contributed by atoms with Gasteiger partial charge in [-0.2, -0.15) is 5.26 Å². The molecule has 0 aliphatic carbocycles. The number of hydrogen-bond acceptors (Lipinski definition) is 5. The molecule has 1 N–H and O–H groups in total. The lowest BCUT2D eigenvalue weighted by Gasteiger charge is -2.24. The third-order valence-electron chi connectivity index (χ3n) is 3.67. The van der Waals surface area contributed by atoms with E-state index in [1.807, 2.05) is 41.3 Å². The predicted octanol–water partition coefficient (Wildman–Crippen LogP) is 3.22. The van der Waals surface area contributed by atoms with Crippen LogP contribution in [0.5, 0.6) is 0 Å². The number of nitrogens with zero attached hydrogens (tertiary/aromatic N) is 2. The first-order chi connectivity index (χ1) is 12.6. The fourth-order valence-electron chi connectivity index (χ4n) is 2.43. The van der Waals surface area contributed by atoms with Crippen molar-refractivity contribution in [1.82, 2.24) is 0 Å². The van der Waals surface area contributed by atoms with Gasteiger partial charge in [0, 0.05) is 30.4 Å². The van der Waals surface area contributed by atoms with Crippen molar-refractivity contribution >= 4 is 23.3 Å². The van der Waals surface area contributed by atoms with E-state index in [1.54, 1.807) is 18.2 Å². The Hall–Kier alpha value is -3.33. The minimum atomic E-state index is -0.339. The van der Waals surface area contributed by atoms with Gasteiger partial charge in [0.25, 0.3) is 5.91 Å². The van der Waals surface area contributed by atoms with Gasteiger partial charge in [0.15, 0.2) is 0 Å². The quantitative estimate of drug-likeness (QED) is 0.739. The van der Waals surface area contributed by atoms with Gasteiger partial charge in [-0.3, -0.25) is 9.59 Å². The smallest absolute Gasteiger partial charge is 0.302 e. The van der Waals surface area contributed by atoms with Crippen molar-refractivity contribution in [2.75, 3.05) is 29.9 Å². The molecule has 0 bridgehead atoms. The number of hydrogen-bond donors (Lipinski definition) is 1. The van der Waals surface area contributed by atoms with Gasteiger partial charge in [0.1, 0.15) is 6.61 Å². The molecular formula is C20H21N3O3. The van der Waals surface area contributed by atoms with Crippen molar-refractivity contribution in [3.8, 4) is 6.07 Å². The van der Waals surface area contributed by atoms with Crippen LogP contribution < -0.4 is 10.2 Å². The van der Waals surface area contributed by atoms with Crippen molar-refractivity contribution < 1.29 is 14.3 Å². The second kappa shape index (κ2) is 9.84. The Morgan fingerprint density at radius 2 is 1.88 bits per heavy atom. The van der Waals surface area contributed by atoms with E-state index in [0.29, 0.717) is 30.8 Å². The second-order valence-electron chi connectivity index (χ2n) is 5.61. The Kier molecular flexibility index (Phi) is 7.19. The highest BCUT2D eigenvalue weighted by Gasteiger charge is 2.10. The average Bonchev–Trinajstić information content (AvgIpc) is 2.65. The van der Waals surface area contributed by atoms with Crippen molar-refractivity contribution in [3.63, 3.8) is 0 Å². The van der Waals surface area contributed by atoms with E-state index in [2.05, 4.69) is 11.4 Å². The van der Waals surface area contributed by atoms with E-state index in [0.717, 1.165) is 5.69 Å². The monoisotopic (exact) mass is 351 g/mol. The number of benzene rings is 2. The highest BCUT2D eigenvalue weighted by Crippen LogP contribution is 2.20. The van der Waals surface area contributed by atoms with Crippen molar-refractivity contribution in [2.45, 2.75) is 13.3 Å². The largest absolute Gasteiger partial charge is 0.464 e. The molecular weight excluding hydrogens is 330 g/mol. The number of rotatable bonds is 8. The lowest BCUT2D eigenvalue weighted by atomic mass is 10.2. The van der Waals surface area contributed by atoms with Crippen LogP contribution in [0.15, 0.2) is 54.6 Å². The van der Waals surface area contributed by atoms with Crippen LogP contribution in [-0.2, 0) is 9.53 Å². The summed E-state index contributed by atoms with van der Waals surface area (Å²) in [6, 6.07) is 18.5. The maximum atomic E-state index is 12.3. The molecule has 26 heavy (non-hydrogen) atoms. The van der Waals surface area contributed by atoms with Crippen LogP contribution in [0.2, 0.25) is 0 Å². The van der Waals surface area contributed by atoms with Gasteiger partial charge in [0.05, 0.1) is 19.0 Å². The van der Waals surface area contributed by atoms with E-state index in [9.17, 15) is 9.59 Å². The highest BCUT2D eigenvalue weighted by atomic mass is 16.5. The SMILES string of the molecule is CC(=O)OCCN(CCC#N)c1cccc(NC(=O)c2ccccc2)c1. The Balaban J connectivity index is 2.09. The van der Waals surface area contributed by atoms with Crippen LogP contribution in [0, 0.1) is 11.3 Å². The molecule has 1 amide bonds. The number of nitrogens with one attached hydrogen (secondary N) is 1. The van der Waals surface area contributed by atoms with Gasteiger partial charge >= 0.3 is 5.97 Å². The Morgan fingerprint density at radius 3 is 2.58 bits per heavy atom. The van der Waals surface area contributed by atoms with Crippen LogP contribution >= 0.6 is 0 Å². The van der Waals surface area contributed by atoms with Gasteiger partial charge in [-0.05, 0) is 30.3 Å². The van der Waals surface area contributed by atoms with E-state index in [1.165, 1.54) is 6.92 Å². The zero-order chi connectivity index (χ0) is 18.8. The summed E-state index contributed by atoms with van der Waals surface area (Å²) in [6.07, 6.45) is 0.348. The van der Waals surface area contributed by atoms with Gasteiger partial charge in [-0.15, -0.1) is 0 Å². The Bertz CT molecular complexity index is 784. The fourth-order valence-corrected chi connectivity index (χ4v) is 2.43. The third kappa shape index (κ3) is 5.95. The summed E-state index contributed by atoms with van der Waals surface area (Å²) in [7, 11) is 0. The number of amides is 1. The number of ether oxygens (including phenoxy) is 1. The first-order valence-corrected chi connectivity index (χ1v) is 8.32. The van der Waals surface area contributed by atoms with Gasteiger partial charge in [-0.1, -0.05) is 24.3 Å². The van der Waals surface area contributed by atoms with Gasteiger partial charge in [-0.25, -0.2) is 0 Å².